The van der Waals surface area contributed by atoms with Crippen molar-refractivity contribution in [2.75, 3.05) is 0 Å². The zero-order valence-corrected chi connectivity index (χ0v) is 14.9. The number of carbonyl (C=O) groups excluding carboxylic acids is 2. The molecule has 0 aromatic heterocycles. The highest BCUT2D eigenvalue weighted by molar-refractivity contribution is 5.93. The Kier molecular flexibility index (Phi) is 8.01. The van der Waals surface area contributed by atoms with E-state index >= 15 is 0 Å². The maximum absolute atomic E-state index is 11.5. The Morgan fingerprint density at radius 2 is 1.61 bits per heavy atom. The van der Waals surface area contributed by atoms with Gasteiger partial charge < -0.3 is 4.74 Å². The first-order valence-electron chi connectivity index (χ1n) is 8.53. The second-order valence-electron chi connectivity index (χ2n) is 7.41. The molecule has 0 unspecified atom stereocenters. The second kappa shape index (κ2) is 9.49. The Labute approximate surface area is 140 Å². The van der Waals surface area contributed by atoms with Gasteiger partial charge in [0.1, 0.15) is 6.10 Å². The van der Waals surface area contributed by atoms with Gasteiger partial charge in [-0.25, -0.2) is 0 Å². The molecule has 128 valence electrons. The first kappa shape index (κ1) is 19.4. The van der Waals surface area contributed by atoms with Crippen molar-refractivity contribution in [1.82, 2.24) is 0 Å². The average molecular weight is 318 g/mol. The summed E-state index contributed by atoms with van der Waals surface area (Å²) in [4.78, 5) is 22.2. The van der Waals surface area contributed by atoms with Crippen molar-refractivity contribution >= 4 is 11.8 Å². The quantitative estimate of drug-likeness (QED) is 0.569. The molecule has 1 aromatic carbocycles. The molecule has 3 heteroatoms. The monoisotopic (exact) mass is 318 g/mol. The molecule has 1 saturated carbocycles. The van der Waals surface area contributed by atoms with Crippen molar-refractivity contribution in [3.63, 3.8) is 0 Å². The van der Waals surface area contributed by atoms with Gasteiger partial charge in [-0.05, 0) is 38.0 Å². The smallest absolute Gasteiger partial charge is 0.306 e. The molecule has 0 radical (unpaired) electrons. The van der Waals surface area contributed by atoms with Crippen molar-refractivity contribution in [1.29, 1.82) is 0 Å². The Morgan fingerprint density at radius 3 is 2.04 bits per heavy atom. The predicted octanol–water partition coefficient (Wildman–Crippen LogP) is 5.19. The number of hydrogen-bond acceptors (Lipinski definition) is 3. The lowest BCUT2D eigenvalue weighted by atomic mass is 9.92. The largest absolute Gasteiger partial charge is 0.462 e. The van der Waals surface area contributed by atoms with Crippen molar-refractivity contribution < 1.29 is 14.3 Å². The number of ether oxygens (including phenoxy) is 1. The van der Waals surface area contributed by atoms with E-state index in [1.165, 1.54) is 19.3 Å². The highest BCUT2D eigenvalue weighted by Crippen LogP contribution is 2.24. The number of hydrogen-bond donors (Lipinski definition) is 0. The van der Waals surface area contributed by atoms with Crippen LogP contribution in [0, 0.1) is 5.41 Å². The number of Topliss-reactive ketones (excluding diaryl/α,β-unsaturated/α-hetero) is 1. The van der Waals surface area contributed by atoms with Crippen LogP contribution in [0.3, 0.4) is 0 Å². The summed E-state index contributed by atoms with van der Waals surface area (Å²) in [5.41, 5.74) is 0.823. The van der Waals surface area contributed by atoms with Gasteiger partial charge in [-0.1, -0.05) is 57.5 Å². The lowest BCUT2D eigenvalue weighted by molar-refractivity contribution is -0.152. The SMILES string of the molecule is CC(=O)c1ccccc1.CC(C)(C)CC(=O)OC1CCCCC1. The Hall–Kier alpha value is -1.64. The third-order valence-electron chi connectivity index (χ3n) is 3.71. The summed E-state index contributed by atoms with van der Waals surface area (Å²) in [5.74, 6) is 0.0972. The molecule has 1 aromatic rings. The van der Waals surface area contributed by atoms with Crippen LogP contribution >= 0.6 is 0 Å². The molecule has 3 nitrogen and oxygen atoms in total. The molecule has 1 aliphatic rings. The molecule has 0 aliphatic heterocycles. The zero-order chi connectivity index (χ0) is 17.3. The van der Waals surface area contributed by atoms with E-state index in [9.17, 15) is 9.59 Å². The van der Waals surface area contributed by atoms with E-state index in [-0.39, 0.29) is 23.3 Å². The Balaban J connectivity index is 0.000000253. The normalized spacial score (nSPS) is 15.3. The van der Waals surface area contributed by atoms with E-state index in [4.69, 9.17) is 4.74 Å². The molecule has 0 spiro atoms. The molecule has 0 atom stereocenters. The topological polar surface area (TPSA) is 43.4 Å². The average Bonchev–Trinajstić information content (AvgIpc) is 2.48. The summed E-state index contributed by atoms with van der Waals surface area (Å²) in [7, 11) is 0. The van der Waals surface area contributed by atoms with Crippen LogP contribution in [-0.4, -0.2) is 17.9 Å². The van der Waals surface area contributed by atoms with Gasteiger partial charge in [-0.2, -0.15) is 0 Å². The highest BCUT2D eigenvalue weighted by Gasteiger charge is 2.21. The fourth-order valence-electron chi connectivity index (χ4n) is 2.52. The van der Waals surface area contributed by atoms with Crippen molar-refractivity contribution in [3.05, 3.63) is 35.9 Å². The van der Waals surface area contributed by atoms with E-state index in [0.717, 1.165) is 18.4 Å². The molecule has 2 rings (SSSR count). The summed E-state index contributed by atoms with van der Waals surface area (Å²) in [6, 6.07) is 9.23. The van der Waals surface area contributed by atoms with Crippen LogP contribution in [0.4, 0.5) is 0 Å². The van der Waals surface area contributed by atoms with E-state index in [1.54, 1.807) is 6.92 Å². The summed E-state index contributed by atoms with van der Waals surface area (Å²) in [6.07, 6.45) is 6.60. The lowest BCUT2D eigenvalue weighted by Crippen LogP contribution is -2.23. The minimum Gasteiger partial charge on any atom is -0.462 e. The van der Waals surface area contributed by atoms with Crippen LogP contribution in [0.1, 0.15) is 76.6 Å². The van der Waals surface area contributed by atoms with Gasteiger partial charge in [0, 0.05) is 5.56 Å². The number of rotatable bonds is 3. The van der Waals surface area contributed by atoms with E-state index in [0.29, 0.717) is 6.42 Å². The summed E-state index contributed by atoms with van der Waals surface area (Å²) >= 11 is 0. The fourth-order valence-corrected chi connectivity index (χ4v) is 2.52. The van der Waals surface area contributed by atoms with Gasteiger partial charge in [-0.3, -0.25) is 9.59 Å². The van der Waals surface area contributed by atoms with Crippen molar-refractivity contribution in [2.24, 2.45) is 5.41 Å². The maximum Gasteiger partial charge on any atom is 0.306 e. The summed E-state index contributed by atoms with van der Waals surface area (Å²) in [6.45, 7) is 7.76. The van der Waals surface area contributed by atoms with Crippen LogP contribution in [0.15, 0.2) is 30.3 Å². The van der Waals surface area contributed by atoms with Gasteiger partial charge in [-0.15, -0.1) is 0 Å². The first-order valence-corrected chi connectivity index (χ1v) is 8.53. The first-order chi connectivity index (χ1) is 10.8. The minimum atomic E-state index is -0.0237. The van der Waals surface area contributed by atoms with Crippen LogP contribution in [0.5, 0.6) is 0 Å². The van der Waals surface area contributed by atoms with Gasteiger partial charge in [0.05, 0.1) is 6.42 Å². The number of carbonyl (C=O) groups is 2. The minimum absolute atomic E-state index is 0.0237. The molecule has 0 bridgehead atoms. The van der Waals surface area contributed by atoms with Gasteiger partial charge in [0.2, 0.25) is 0 Å². The van der Waals surface area contributed by atoms with Gasteiger partial charge >= 0.3 is 5.97 Å². The third-order valence-corrected chi connectivity index (χ3v) is 3.71. The summed E-state index contributed by atoms with van der Waals surface area (Å²) < 4.78 is 5.43. The van der Waals surface area contributed by atoms with Crippen LogP contribution in [0.25, 0.3) is 0 Å². The number of benzene rings is 1. The van der Waals surface area contributed by atoms with E-state index in [2.05, 4.69) is 20.8 Å². The van der Waals surface area contributed by atoms with Crippen molar-refractivity contribution in [3.8, 4) is 0 Å². The van der Waals surface area contributed by atoms with Crippen LogP contribution in [0.2, 0.25) is 0 Å². The Morgan fingerprint density at radius 1 is 1.04 bits per heavy atom. The molecular weight excluding hydrogens is 288 g/mol. The highest BCUT2D eigenvalue weighted by atomic mass is 16.5. The molecule has 0 amide bonds. The third kappa shape index (κ3) is 9.17. The summed E-state index contributed by atoms with van der Waals surface area (Å²) in [5, 5.41) is 0. The molecule has 0 heterocycles. The Bertz CT molecular complexity index is 479. The zero-order valence-electron chi connectivity index (χ0n) is 14.9. The fraction of sp³-hybridized carbons (Fsp3) is 0.600. The molecule has 0 N–H and O–H groups in total. The van der Waals surface area contributed by atoms with Gasteiger partial charge in [0.25, 0.3) is 0 Å². The lowest BCUT2D eigenvalue weighted by Gasteiger charge is -2.24. The van der Waals surface area contributed by atoms with E-state index < -0.39 is 0 Å². The number of esters is 1. The van der Waals surface area contributed by atoms with Crippen molar-refractivity contribution in [2.45, 2.75) is 72.3 Å². The maximum atomic E-state index is 11.5. The molecule has 1 fully saturated rings. The standard InChI is InChI=1S/C12H22O2.C8H8O/c1-12(2,3)9-11(13)14-10-7-5-4-6-8-10;1-7(9)8-5-3-2-4-6-8/h10H,4-9H2,1-3H3;2-6H,1H3. The molecule has 23 heavy (non-hydrogen) atoms. The van der Waals surface area contributed by atoms with Crippen LogP contribution in [-0.2, 0) is 9.53 Å². The molecular formula is C20H30O3. The van der Waals surface area contributed by atoms with E-state index in [1.807, 2.05) is 30.3 Å². The van der Waals surface area contributed by atoms with Crippen LogP contribution < -0.4 is 0 Å². The van der Waals surface area contributed by atoms with Gasteiger partial charge in [0.15, 0.2) is 5.78 Å². The molecule has 1 aliphatic carbocycles. The second-order valence-corrected chi connectivity index (χ2v) is 7.41. The molecule has 0 saturated heterocycles. The number of ketones is 1. The predicted molar refractivity (Wildman–Crippen MR) is 93.5 cm³/mol.